The van der Waals surface area contributed by atoms with Crippen LogP contribution in [0.5, 0.6) is 0 Å². The monoisotopic (exact) mass is 383 g/mol. The molecule has 3 rings (SSSR count). The normalized spacial score (nSPS) is 14.4. The Morgan fingerprint density at radius 3 is 2.50 bits per heavy atom. The fourth-order valence-electron chi connectivity index (χ4n) is 3.08. The summed E-state index contributed by atoms with van der Waals surface area (Å²) >= 11 is 0. The van der Waals surface area contributed by atoms with Gasteiger partial charge >= 0.3 is 6.09 Å². The number of carbonyl (C=O) groups is 2. The summed E-state index contributed by atoms with van der Waals surface area (Å²) in [5.41, 5.74) is 1.60. The first kappa shape index (κ1) is 19.6. The third kappa shape index (κ3) is 5.18. The zero-order chi connectivity index (χ0) is 19.9. The molecule has 0 saturated carbocycles. The second kappa shape index (κ2) is 9.16. The predicted octanol–water partition coefficient (Wildman–Crippen LogP) is 3.07. The van der Waals surface area contributed by atoms with Crippen LogP contribution in [-0.2, 0) is 4.74 Å². The van der Waals surface area contributed by atoms with Crippen molar-refractivity contribution in [1.29, 1.82) is 0 Å². The molecule has 0 atom stereocenters. The van der Waals surface area contributed by atoms with E-state index in [1.165, 1.54) is 0 Å². The van der Waals surface area contributed by atoms with E-state index in [1.807, 2.05) is 25.1 Å². The van der Waals surface area contributed by atoms with Crippen LogP contribution in [0.15, 0.2) is 36.4 Å². The van der Waals surface area contributed by atoms with E-state index in [2.05, 4.69) is 20.8 Å². The van der Waals surface area contributed by atoms with E-state index in [0.717, 1.165) is 18.4 Å². The molecule has 2 aromatic rings. The Labute approximate surface area is 164 Å². The summed E-state index contributed by atoms with van der Waals surface area (Å²) in [4.78, 5) is 25.7. The Balaban J connectivity index is 1.50. The van der Waals surface area contributed by atoms with Crippen molar-refractivity contribution in [2.75, 3.05) is 30.3 Å². The summed E-state index contributed by atoms with van der Waals surface area (Å²) in [5, 5.41) is 14.3. The summed E-state index contributed by atoms with van der Waals surface area (Å²) in [6.45, 7) is 5.43. The molecule has 1 aliphatic heterocycles. The summed E-state index contributed by atoms with van der Waals surface area (Å²) in [6, 6.07) is 11.1. The van der Waals surface area contributed by atoms with Crippen molar-refractivity contribution in [2.24, 2.45) is 0 Å². The third-order valence-electron chi connectivity index (χ3n) is 4.56. The molecule has 148 valence electrons. The second-order valence-corrected chi connectivity index (χ2v) is 6.73. The van der Waals surface area contributed by atoms with Crippen LogP contribution in [0.25, 0.3) is 0 Å². The number of nitrogens with zero attached hydrogens (tertiary/aromatic N) is 3. The Bertz CT molecular complexity index is 817. The van der Waals surface area contributed by atoms with Crippen LogP contribution in [-0.4, -0.2) is 52.8 Å². The number of benzene rings is 1. The molecule has 1 saturated heterocycles. The van der Waals surface area contributed by atoms with Gasteiger partial charge in [0.15, 0.2) is 5.82 Å². The lowest BCUT2D eigenvalue weighted by Crippen LogP contribution is -2.42. The van der Waals surface area contributed by atoms with Crippen molar-refractivity contribution in [3.8, 4) is 0 Å². The van der Waals surface area contributed by atoms with Crippen LogP contribution in [0.4, 0.5) is 16.4 Å². The van der Waals surface area contributed by atoms with Crippen LogP contribution < -0.4 is 10.6 Å². The molecule has 1 aromatic carbocycles. The number of hydrogen-bond donors (Lipinski definition) is 2. The summed E-state index contributed by atoms with van der Waals surface area (Å²) in [7, 11) is 0. The summed E-state index contributed by atoms with van der Waals surface area (Å²) in [5.74, 6) is 0.822. The fraction of sp³-hybridized carbons (Fsp3) is 0.400. The highest BCUT2D eigenvalue weighted by atomic mass is 16.6. The lowest BCUT2D eigenvalue weighted by atomic mass is 10.1. The molecule has 0 aliphatic carbocycles. The number of rotatable bonds is 5. The Morgan fingerprint density at radius 2 is 1.86 bits per heavy atom. The molecule has 8 nitrogen and oxygen atoms in total. The number of ether oxygens (including phenoxy) is 1. The Hall–Kier alpha value is -3.16. The van der Waals surface area contributed by atoms with Gasteiger partial charge in [0.25, 0.3) is 5.91 Å². The van der Waals surface area contributed by atoms with E-state index < -0.39 is 0 Å². The van der Waals surface area contributed by atoms with Gasteiger partial charge in [0.05, 0.1) is 6.61 Å². The van der Waals surface area contributed by atoms with Gasteiger partial charge in [-0.15, -0.1) is 10.2 Å². The molecule has 0 unspecified atom stereocenters. The number of anilines is 2. The van der Waals surface area contributed by atoms with Crippen LogP contribution in [0.3, 0.4) is 0 Å². The van der Waals surface area contributed by atoms with Crippen molar-refractivity contribution in [3.63, 3.8) is 0 Å². The van der Waals surface area contributed by atoms with Crippen LogP contribution in [0.1, 0.15) is 35.7 Å². The van der Waals surface area contributed by atoms with Gasteiger partial charge in [-0.2, -0.15) is 0 Å². The van der Waals surface area contributed by atoms with Crippen LogP contribution in [0.2, 0.25) is 0 Å². The maximum Gasteiger partial charge on any atom is 0.409 e. The fourth-order valence-corrected chi connectivity index (χ4v) is 3.08. The molecule has 1 aliphatic rings. The van der Waals surface area contributed by atoms with E-state index in [-0.39, 0.29) is 18.0 Å². The van der Waals surface area contributed by atoms with E-state index in [4.69, 9.17) is 4.74 Å². The smallest absolute Gasteiger partial charge is 0.409 e. The molecule has 0 bridgehead atoms. The number of carbonyl (C=O) groups excluding carboxylic acids is 2. The molecular formula is C20H25N5O3. The predicted molar refractivity (Wildman–Crippen MR) is 106 cm³/mol. The van der Waals surface area contributed by atoms with Crippen LogP contribution in [0, 0.1) is 6.92 Å². The Morgan fingerprint density at radius 1 is 1.14 bits per heavy atom. The number of aromatic nitrogens is 2. The zero-order valence-electron chi connectivity index (χ0n) is 16.1. The molecule has 2 N–H and O–H groups in total. The highest BCUT2D eigenvalue weighted by Crippen LogP contribution is 2.16. The maximum absolute atomic E-state index is 12.3. The van der Waals surface area contributed by atoms with Crippen molar-refractivity contribution >= 4 is 23.6 Å². The second-order valence-electron chi connectivity index (χ2n) is 6.73. The molecule has 0 radical (unpaired) electrons. The quantitative estimate of drug-likeness (QED) is 0.824. The van der Waals surface area contributed by atoms with Crippen LogP contribution >= 0.6 is 0 Å². The van der Waals surface area contributed by atoms with Crippen molar-refractivity contribution in [3.05, 3.63) is 47.5 Å². The van der Waals surface area contributed by atoms with E-state index >= 15 is 0 Å². The molecular weight excluding hydrogens is 358 g/mol. The van der Waals surface area contributed by atoms with E-state index in [9.17, 15) is 9.59 Å². The first-order valence-electron chi connectivity index (χ1n) is 9.45. The van der Waals surface area contributed by atoms with Gasteiger partial charge in [-0.1, -0.05) is 17.7 Å². The molecule has 1 fully saturated rings. The average molecular weight is 383 g/mol. The van der Waals surface area contributed by atoms with Gasteiger partial charge in [-0.25, -0.2) is 4.79 Å². The van der Waals surface area contributed by atoms with Gasteiger partial charge in [0.1, 0.15) is 5.82 Å². The zero-order valence-corrected chi connectivity index (χ0v) is 16.1. The van der Waals surface area contributed by atoms with Gasteiger partial charge in [-0.3, -0.25) is 4.79 Å². The van der Waals surface area contributed by atoms with Crippen molar-refractivity contribution in [2.45, 2.75) is 32.7 Å². The van der Waals surface area contributed by atoms with E-state index in [0.29, 0.717) is 36.9 Å². The standard InChI is InChI=1S/C20H25N5O3/c1-3-28-20(27)25-11-9-16(10-12-25)21-17-7-8-18(24-23-17)22-19(26)15-6-4-5-14(2)13-15/h4-8,13,16H,3,9-12H2,1-2H3,(H,21,23)(H,22,24,26). The molecule has 0 spiro atoms. The minimum Gasteiger partial charge on any atom is -0.450 e. The van der Waals surface area contributed by atoms with Gasteiger partial charge in [0.2, 0.25) is 0 Å². The van der Waals surface area contributed by atoms with E-state index in [1.54, 1.807) is 30.0 Å². The highest BCUT2D eigenvalue weighted by molar-refractivity contribution is 6.03. The van der Waals surface area contributed by atoms with Gasteiger partial charge in [0, 0.05) is 24.7 Å². The number of amides is 2. The highest BCUT2D eigenvalue weighted by Gasteiger charge is 2.23. The third-order valence-corrected chi connectivity index (χ3v) is 4.56. The minimum absolute atomic E-state index is 0.215. The molecule has 1 aromatic heterocycles. The molecule has 2 heterocycles. The lowest BCUT2D eigenvalue weighted by Gasteiger charge is -2.31. The average Bonchev–Trinajstić information content (AvgIpc) is 2.70. The largest absolute Gasteiger partial charge is 0.450 e. The topological polar surface area (TPSA) is 96.5 Å². The number of hydrogen-bond acceptors (Lipinski definition) is 6. The van der Waals surface area contributed by atoms with Crippen molar-refractivity contribution < 1.29 is 14.3 Å². The number of aryl methyl sites for hydroxylation is 1. The SMILES string of the molecule is CCOC(=O)N1CCC(Nc2ccc(NC(=O)c3cccc(C)c3)nn2)CC1. The summed E-state index contributed by atoms with van der Waals surface area (Å²) < 4.78 is 5.03. The molecule has 8 heteroatoms. The van der Waals surface area contributed by atoms with Gasteiger partial charge in [-0.05, 0) is 51.0 Å². The first-order valence-corrected chi connectivity index (χ1v) is 9.45. The minimum atomic E-state index is -0.255. The number of likely N-dealkylation sites (tertiary alicyclic amines) is 1. The lowest BCUT2D eigenvalue weighted by molar-refractivity contribution is 0.0981. The molecule has 2 amide bonds. The Kier molecular flexibility index (Phi) is 6.41. The maximum atomic E-state index is 12.3. The summed E-state index contributed by atoms with van der Waals surface area (Å²) in [6.07, 6.45) is 1.37. The molecule has 28 heavy (non-hydrogen) atoms. The van der Waals surface area contributed by atoms with Gasteiger partial charge < -0.3 is 20.3 Å². The number of nitrogens with one attached hydrogen (secondary N) is 2. The number of piperidine rings is 1. The van der Waals surface area contributed by atoms with Crippen molar-refractivity contribution in [1.82, 2.24) is 15.1 Å². The first-order chi connectivity index (χ1) is 13.5.